The molecule has 0 heterocycles. The van der Waals surface area contributed by atoms with E-state index in [1.54, 1.807) is 0 Å². The zero-order chi connectivity index (χ0) is 13.1. The van der Waals surface area contributed by atoms with Gasteiger partial charge in [-0.15, -0.1) is 0 Å². The van der Waals surface area contributed by atoms with Crippen molar-refractivity contribution in [3.63, 3.8) is 0 Å². The molecule has 1 aliphatic rings. The predicted molar refractivity (Wildman–Crippen MR) is 57.3 cm³/mol. The summed E-state index contributed by atoms with van der Waals surface area (Å²) in [5.74, 6) is -1.72. The van der Waals surface area contributed by atoms with E-state index in [2.05, 4.69) is 15.4 Å². The lowest BCUT2D eigenvalue weighted by atomic mass is 9.96. The van der Waals surface area contributed by atoms with E-state index in [0.29, 0.717) is 0 Å². The fourth-order valence-corrected chi connectivity index (χ4v) is 1.50. The van der Waals surface area contributed by atoms with Gasteiger partial charge >= 0.3 is 18.0 Å². The number of rotatable bonds is 5. The normalized spacial score (nSPS) is 17.8. The largest absolute Gasteiger partial charge is 0.480 e. The number of hydrogen-bond donors (Lipinski definition) is 3. The molecule has 1 atom stereocenters. The minimum Gasteiger partial charge on any atom is -0.480 e. The highest BCUT2D eigenvalue weighted by atomic mass is 16.5. The standard InChI is InChI=1S/C10H16N2O5/c1-10(8(14)15,6-3-4-6)12-9(16)11-5-7(13)17-2/h6H,3-5H2,1-2H3,(H,14,15)(H2,11,12,16). The lowest BCUT2D eigenvalue weighted by molar-refractivity contribution is -0.144. The van der Waals surface area contributed by atoms with Crippen LogP contribution in [0.5, 0.6) is 0 Å². The summed E-state index contributed by atoms with van der Waals surface area (Å²) in [6, 6.07) is -0.688. The van der Waals surface area contributed by atoms with Gasteiger partial charge < -0.3 is 20.5 Å². The second-order valence-corrected chi connectivity index (χ2v) is 4.17. The Morgan fingerprint density at radius 3 is 2.41 bits per heavy atom. The molecule has 17 heavy (non-hydrogen) atoms. The number of esters is 1. The molecule has 0 spiro atoms. The minimum atomic E-state index is -1.28. The van der Waals surface area contributed by atoms with Crippen molar-refractivity contribution in [3.8, 4) is 0 Å². The lowest BCUT2D eigenvalue weighted by Gasteiger charge is -2.26. The van der Waals surface area contributed by atoms with Crippen molar-refractivity contribution in [2.45, 2.75) is 25.3 Å². The van der Waals surface area contributed by atoms with Crippen LogP contribution in [0.3, 0.4) is 0 Å². The highest BCUT2D eigenvalue weighted by molar-refractivity contribution is 5.88. The molecule has 0 bridgehead atoms. The van der Waals surface area contributed by atoms with Crippen molar-refractivity contribution < 1.29 is 24.2 Å². The monoisotopic (exact) mass is 244 g/mol. The minimum absolute atomic E-state index is 0.0520. The summed E-state index contributed by atoms with van der Waals surface area (Å²) < 4.78 is 4.34. The summed E-state index contributed by atoms with van der Waals surface area (Å²) in [6.45, 7) is 1.17. The molecular formula is C10H16N2O5. The third-order valence-electron chi connectivity index (χ3n) is 2.83. The molecule has 0 radical (unpaired) electrons. The quantitative estimate of drug-likeness (QED) is 0.576. The smallest absolute Gasteiger partial charge is 0.329 e. The first-order valence-electron chi connectivity index (χ1n) is 5.26. The molecule has 1 unspecified atom stereocenters. The summed E-state index contributed by atoms with van der Waals surface area (Å²) in [5, 5.41) is 13.7. The van der Waals surface area contributed by atoms with Gasteiger partial charge in [-0.1, -0.05) is 0 Å². The van der Waals surface area contributed by atoms with Gasteiger partial charge in [0, 0.05) is 0 Å². The summed E-state index contributed by atoms with van der Waals surface area (Å²) >= 11 is 0. The summed E-state index contributed by atoms with van der Waals surface area (Å²) in [6.07, 6.45) is 1.56. The van der Waals surface area contributed by atoms with Crippen LogP contribution < -0.4 is 10.6 Å². The predicted octanol–water partition coefficient (Wildman–Crippen LogP) is -0.288. The van der Waals surface area contributed by atoms with E-state index < -0.39 is 23.5 Å². The lowest BCUT2D eigenvalue weighted by Crippen LogP contribution is -2.57. The molecule has 1 saturated carbocycles. The van der Waals surface area contributed by atoms with Crippen LogP contribution in [0.1, 0.15) is 19.8 Å². The first kappa shape index (κ1) is 13.3. The maximum absolute atomic E-state index is 11.4. The van der Waals surface area contributed by atoms with Crippen molar-refractivity contribution in [1.29, 1.82) is 0 Å². The fourth-order valence-electron chi connectivity index (χ4n) is 1.50. The molecule has 1 rings (SSSR count). The van der Waals surface area contributed by atoms with Gasteiger partial charge in [0.05, 0.1) is 7.11 Å². The van der Waals surface area contributed by atoms with E-state index in [4.69, 9.17) is 5.11 Å². The second kappa shape index (κ2) is 5.03. The van der Waals surface area contributed by atoms with Crippen molar-refractivity contribution in [2.75, 3.05) is 13.7 Å². The molecule has 96 valence electrons. The molecule has 0 aliphatic heterocycles. The Labute approximate surface area is 98.5 Å². The van der Waals surface area contributed by atoms with Gasteiger partial charge in [-0.3, -0.25) is 4.79 Å². The Hall–Kier alpha value is -1.79. The molecular weight excluding hydrogens is 228 g/mol. The third kappa shape index (κ3) is 3.33. The van der Waals surface area contributed by atoms with E-state index in [9.17, 15) is 14.4 Å². The van der Waals surface area contributed by atoms with Crippen LogP contribution in [0.25, 0.3) is 0 Å². The van der Waals surface area contributed by atoms with E-state index in [1.807, 2.05) is 0 Å². The fraction of sp³-hybridized carbons (Fsp3) is 0.700. The van der Waals surface area contributed by atoms with Crippen LogP contribution in [0.15, 0.2) is 0 Å². The van der Waals surface area contributed by atoms with Gasteiger partial charge in [0.25, 0.3) is 0 Å². The summed E-state index contributed by atoms with van der Waals surface area (Å²) in [4.78, 5) is 33.3. The van der Waals surface area contributed by atoms with E-state index in [1.165, 1.54) is 14.0 Å². The van der Waals surface area contributed by atoms with Crippen molar-refractivity contribution in [1.82, 2.24) is 10.6 Å². The van der Waals surface area contributed by atoms with Gasteiger partial charge in [-0.05, 0) is 25.7 Å². The molecule has 0 saturated heterocycles. The van der Waals surface area contributed by atoms with Gasteiger partial charge in [-0.25, -0.2) is 9.59 Å². The Morgan fingerprint density at radius 2 is 2.00 bits per heavy atom. The number of nitrogens with one attached hydrogen (secondary N) is 2. The van der Waals surface area contributed by atoms with Crippen molar-refractivity contribution in [2.24, 2.45) is 5.92 Å². The van der Waals surface area contributed by atoms with Gasteiger partial charge in [0.15, 0.2) is 0 Å². The van der Waals surface area contributed by atoms with Crippen molar-refractivity contribution >= 4 is 18.0 Å². The number of carboxylic acids is 1. The zero-order valence-electron chi connectivity index (χ0n) is 9.78. The number of urea groups is 1. The van der Waals surface area contributed by atoms with Crippen LogP contribution in [0.2, 0.25) is 0 Å². The van der Waals surface area contributed by atoms with Gasteiger partial charge in [-0.2, -0.15) is 0 Å². The van der Waals surface area contributed by atoms with E-state index in [-0.39, 0.29) is 12.5 Å². The molecule has 0 aromatic carbocycles. The molecule has 7 heteroatoms. The Morgan fingerprint density at radius 1 is 1.41 bits per heavy atom. The van der Waals surface area contributed by atoms with Crippen LogP contribution in [0.4, 0.5) is 4.79 Å². The number of carbonyl (C=O) groups excluding carboxylic acids is 2. The first-order valence-corrected chi connectivity index (χ1v) is 5.26. The number of hydrogen-bond acceptors (Lipinski definition) is 4. The molecule has 0 aromatic heterocycles. The number of carboxylic acid groups (broad SMARTS) is 1. The number of aliphatic carboxylic acids is 1. The number of amides is 2. The highest BCUT2D eigenvalue weighted by Crippen LogP contribution is 2.39. The molecule has 2 amide bonds. The van der Waals surface area contributed by atoms with Crippen LogP contribution >= 0.6 is 0 Å². The van der Waals surface area contributed by atoms with Crippen LogP contribution in [-0.2, 0) is 14.3 Å². The van der Waals surface area contributed by atoms with Crippen LogP contribution in [0, 0.1) is 5.92 Å². The molecule has 7 nitrogen and oxygen atoms in total. The zero-order valence-corrected chi connectivity index (χ0v) is 9.78. The number of methoxy groups -OCH3 is 1. The maximum Gasteiger partial charge on any atom is 0.329 e. The van der Waals surface area contributed by atoms with Crippen molar-refractivity contribution in [3.05, 3.63) is 0 Å². The first-order chi connectivity index (χ1) is 7.90. The second-order valence-electron chi connectivity index (χ2n) is 4.17. The van der Waals surface area contributed by atoms with Gasteiger partial charge in [0.1, 0.15) is 12.1 Å². The Bertz CT molecular complexity index is 340. The average molecular weight is 244 g/mol. The third-order valence-corrected chi connectivity index (χ3v) is 2.83. The summed E-state index contributed by atoms with van der Waals surface area (Å²) in [7, 11) is 1.20. The Balaban J connectivity index is 2.48. The molecule has 1 aliphatic carbocycles. The maximum atomic E-state index is 11.4. The van der Waals surface area contributed by atoms with Crippen LogP contribution in [-0.4, -0.2) is 42.3 Å². The molecule has 0 aromatic rings. The summed E-state index contributed by atoms with van der Waals surface area (Å²) in [5.41, 5.74) is -1.28. The molecule has 3 N–H and O–H groups in total. The SMILES string of the molecule is COC(=O)CNC(=O)NC(C)(C(=O)O)C1CC1. The number of carbonyl (C=O) groups is 3. The topological polar surface area (TPSA) is 105 Å². The van der Waals surface area contributed by atoms with Gasteiger partial charge in [0.2, 0.25) is 0 Å². The highest BCUT2D eigenvalue weighted by Gasteiger charge is 2.48. The van der Waals surface area contributed by atoms with E-state index in [0.717, 1.165) is 12.8 Å². The Kier molecular flexibility index (Phi) is 3.93. The molecule has 1 fully saturated rings. The van der Waals surface area contributed by atoms with E-state index >= 15 is 0 Å². The average Bonchev–Trinajstić information content (AvgIpc) is 3.09. The number of ether oxygens (including phenoxy) is 1.